The van der Waals surface area contributed by atoms with E-state index < -0.39 is 24.8 Å². The molecular weight excluding hydrogens is 238 g/mol. The maximum absolute atomic E-state index is 10.8. The van der Waals surface area contributed by atoms with Gasteiger partial charge in [0.05, 0.1) is 0 Å². The molecular formula is C8H14BrNO3. The number of hydrogen-bond donors (Lipinski definition) is 2. The number of rotatable bonds is 6. The highest BCUT2D eigenvalue weighted by molar-refractivity contribution is 9.09. The van der Waals surface area contributed by atoms with Crippen molar-refractivity contribution in [3.63, 3.8) is 0 Å². The van der Waals surface area contributed by atoms with Crippen molar-refractivity contribution in [2.75, 3.05) is 5.33 Å². The van der Waals surface area contributed by atoms with Crippen molar-refractivity contribution in [1.82, 2.24) is 5.32 Å². The maximum atomic E-state index is 10.8. The molecule has 1 amide bonds. The molecule has 0 bridgehead atoms. The van der Waals surface area contributed by atoms with E-state index in [1.165, 1.54) is 0 Å². The molecule has 0 fully saturated rings. The van der Waals surface area contributed by atoms with Crippen molar-refractivity contribution < 1.29 is 16.1 Å². The van der Waals surface area contributed by atoms with Crippen molar-refractivity contribution in [1.29, 1.82) is 0 Å². The van der Waals surface area contributed by atoms with E-state index in [2.05, 4.69) is 21.2 Å². The van der Waals surface area contributed by atoms with Crippen LogP contribution in [-0.4, -0.2) is 28.4 Å². The molecule has 13 heavy (non-hydrogen) atoms. The number of carbonyl (C=O) groups is 2. The Morgan fingerprint density at radius 1 is 1.62 bits per heavy atom. The zero-order valence-electron chi connectivity index (χ0n) is 8.25. The van der Waals surface area contributed by atoms with Crippen LogP contribution in [0.2, 0.25) is 0 Å². The van der Waals surface area contributed by atoms with Crippen molar-refractivity contribution in [3.05, 3.63) is 0 Å². The van der Waals surface area contributed by atoms with E-state index in [9.17, 15) is 9.59 Å². The van der Waals surface area contributed by atoms with Crippen molar-refractivity contribution in [2.24, 2.45) is 0 Å². The van der Waals surface area contributed by atoms with Crippen LogP contribution in [0, 0.1) is 0 Å². The van der Waals surface area contributed by atoms with Crippen LogP contribution in [0.3, 0.4) is 0 Å². The first-order valence-electron chi connectivity index (χ1n) is 4.70. The van der Waals surface area contributed by atoms with Gasteiger partial charge in [-0.25, -0.2) is 4.79 Å². The zero-order valence-corrected chi connectivity index (χ0v) is 8.84. The monoisotopic (exact) mass is 252 g/mol. The van der Waals surface area contributed by atoms with Crippen molar-refractivity contribution in [3.8, 4) is 0 Å². The van der Waals surface area contributed by atoms with Crippen LogP contribution < -0.4 is 5.32 Å². The Hall–Kier alpha value is -0.580. The van der Waals surface area contributed by atoms with Crippen LogP contribution in [0.5, 0.6) is 0 Å². The largest absolute Gasteiger partial charge is 0.480 e. The van der Waals surface area contributed by atoms with Crippen molar-refractivity contribution in [2.45, 2.75) is 32.2 Å². The van der Waals surface area contributed by atoms with E-state index in [4.69, 9.17) is 6.48 Å². The second-order valence-electron chi connectivity index (χ2n) is 2.64. The first-order chi connectivity index (χ1) is 6.61. The number of carboxylic acids is 1. The van der Waals surface area contributed by atoms with Gasteiger partial charge in [-0.2, -0.15) is 0 Å². The Labute approximate surface area is 87.2 Å². The van der Waals surface area contributed by atoms with E-state index in [0.717, 1.165) is 18.2 Å². The molecule has 0 aromatic carbocycles. The van der Waals surface area contributed by atoms with Crippen LogP contribution in [0.25, 0.3) is 0 Å². The van der Waals surface area contributed by atoms with Crippen LogP contribution in [0.15, 0.2) is 0 Å². The van der Waals surface area contributed by atoms with Crippen LogP contribution in [0.4, 0.5) is 0 Å². The second kappa shape index (κ2) is 6.88. The number of hydrogen-bond acceptors (Lipinski definition) is 2. The summed E-state index contributed by atoms with van der Waals surface area (Å²) in [5.74, 6) is -1.59. The fraction of sp³-hybridized carbons (Fsp3) is 0.750. The standard InChI is InChI=1S/C8H14BrNO3/c1-6(11)10-7(8(12)13)4-2-3-5-9/h7H,2-5H2,1H3,(H,10,11)(H,12,13)/i1D. The lowest BCUT2D eigenvalue weighted by molar-refractivity contribution is -0.141. The molecule has 0 saturated heterocycles. The van der Waals surface area contributed by atoms with Gasteiger partial charge in [-0.05, 0) is 19.3 Å². The number of aliphatic carboxylic acids is 1. The minimum Gasteiger partial charge on any atom is -0.480 e. The average molecular weight is 253 g/mol. The molecule has 4 nitrogen and oxygen atoms in total. The third-order valence-electron chi connectivity index (χ3n) is 1.51. The SMILES string of the molecule is [2H]CC(=O)NC(CCCCBr)C(=O)O. The Balaban J connectivity index is 3.90. The summed E-state index contributed by atoms with van der Waals surface area (Å²) in [5.41, 5.74) is 0. The maximum Gasteiger partial charge on any atom is 0.326 e. The molecule has 0 saturated carbocycles. The number of carboxylic acid groups (broad SMARTS) is 1. The van der Waals surface area contributed by atoms with Gasteiger partial charge < -0.3 is 10.4 Å². The number of amides is 1. The molecule has 0 radical (unpaired) electrons. The van der Waals surface area contributed by atoms with Gasteiger partial charge in [0.15, 0.2) is 0 Å². The third kappa shape index (κ3) is 6.57. The molecule has 0 heterocycles. The van der Waals surface area contributed by atoms with E-state index in [1.54, 1.807) is 0 Å². The molecule has 1 atom stereocenters. The molecule has 0 spiro atoms. The Morgan fingerprint density at radius 2 is 2.31 bits per heavy atom. The highest BCUT2D eigenvalue weighted by atomic mass is 79.9. The van der Waals surface area contributed by atoms with E-state index >= 15 is 0 Å². The van der Waals surface area contributed by atoms with Crippen LogP contribution in [0.1, 0.15) is 27.5 Å². The van der Waals surface area contributed by atoms with Gasteiger partial charge in [0, 0.05) is 13.6 Å². The molecule has 0 aromatic rings. The minimum absolute atomic E-state index is 0.409. The first-order valence-corrected chi connectivity index (χ1v) is 5.11. The summed E-state index contributed by atoms with van der Waals surface area (Å²) in [7, 11) is 0. The smallest absolute Gasteiger partial charge is 0.326 e. The Morgan fingerprint density at radius 3 is 2.77 bits per heavy atom. The zero-order chi connectivity index (χ0) is 11.0. The Bertz CT molecular complexity index is 201. The number of halogens is 1. The minimum atomic E-state index is -1.04. The summed E-state index contributed by atoms with van der Waals surface area (Å²) in [4.78, 5) is 21.4. The predicted octanol–water partition coefficient (Wildman–Crippen LogP) is 1.14. The summed E-state index contributed by atoms with van der Waals surface area (Å²) >= 11 is 3.24. The number of unbranched alkanes of at least 4 members (excludes halogenated alkanes) is 1. The molecule has 2 N–H and O–H groups in total. The Kier molecular flexibility index (Phi) is 5.56. The normalized spacial score (nSPS) is 13.2. The summed E-state index contributed by atoms with van der Waals surface area (Å²) in [5, 5.41) is 11.8. The molecule has 0 aliphatic heterocycles. The fourth-order valence-electron chi connectivity index (χ4n) is 0.895. The van der Waals surface area contributed by atoms with Crippen LogP contribution in [-0.2, 0) is 9.59 Å². The first kappa shape index (κ1) is 10.5. The van der Waals surface area contributed by atoms with Gasteiger partial charge in [-0.3, -0.25) is 4.79 Å². The van der Waals surface area contributed by atoms with Gasteiger partial charge >= 0.3 is 5.97 Å². The molecule has 76 valence electrons. The number of nitrogens with one attached hydrogen (secondary N) is 1. The lowest BCUT2D eigenvalue weighted by atomic mass is 10.1. The summed E-state index contributed by atoms with van der Waals surface area (Å²) in [6.07, 6.45) is 2.02. The van der Waals surface area contributed by atoms with Gasteiger partial charge in [0.1, 0.15) is 6.04 Å². The average Bonchev–Trinajstić information content (AvgIpc) is 2.16. The fourth-order valence-corrected chi connectivity index (χ4v) is 1.29. The summed E-state index contributed by atoms with van der Waals surface area (Å²) in [6.45, 7) is -0.428. The lowest BCUT2D eigenvalue weighted by Gasteiger charge is -2.12. The summed E-state index contributed by atoms with van der Waals surface area (Å²) < 4.78 is 6.74. The molecule has 5 heteroatoms. The van der Waals surface area contributed by atoms with Crippen molar-refractivity contribution >= 4 is 27.8 Å². The predicted molar refractivity (Wildman–Crippen MR) is 52.9 cm³/mol. The quantitative estimate of drug-likeness (QED) is 0.551. The van der Waals surface area contributed by atoms with E-state index in [1.807, 2.05) is 0 Å². The summed E-state index contributed by atoms with van der Waals surface area (Å²) in [6, 6.07) is -0.855. The highest BCUT2D eigenvalue weighted by Gasteiger charge is 2.16. The van der Waals surface area contributed by atoms with E-state index in [0.29, 0.717) is 6.42 Å². The van der Waals surface area contributed by atoms with Gasteiger partial charge in [-0.1, -0.05) is 15.9 Å². The highest BCUT2D eigenvalue weighted by Crippen LogP contribution is 2.03. The number of alkyl halides is 1. The molecule has 0 aliphatic rings. The van der Waals surface area contributed by atoms with E-state index in [-0.39, 0.29) is 0 Å². The van der Waals surface area contributed by atoms with Gasteiger partial charge in [0.25, 0.3) is 0 Å². The third-order valence-corrected chi connectivity index (χ3v) is 2.07. The molecule has 1 unspecified atom stereocenters. The topological polar surface area (TPSA) is 66.4 Å². The molecule has 0 aromatic heterocycles. The van der Waals surface area contributed by atoms with Crippen LogP contribution >= 0.6 is 15.9 Å². The molecule has 0 aliphatic carbocycles. The number of carbonyl (C=O) groups excluding carboxylic acids is 1. The lowest BCUT2D eigenvalue weighted by Crippen LogP contribution is -2.39. The second-order valence-corrected chi connectivity index (χ2v) is 3.44. The van der Waals surface area contributed by atoms with Gasteiger partial charge in [-0.15, -0.1) is 0 Å². The molecule has 0 rings (SSSR count). The van der Waals surface area contributed by atoms with Gasteiger partial charge in [0.2, 0.25) is 5.91 Å².